The summed E-state index contributed by atoms with van der Waals surface area (Å²) in [5.41, 5.74) is 3.23. The summed E-state index contributed by atoms with van der Waals surface area (Å²) in [4.78, 5) is 15.9. The number of aromatic nitrogens is 2. The summed E-state index contributed by atoms with van der Waals surface area (Å²) in [5, 5.41) is 0. The highest BCUT2D eigenvalue weighted by atomic mass is 16.5. The number of hydrogen-bond acceptors (Lipinski definition) is 4. The summed E-state index contributed by atoms with van der Waals surface area (Å²) in [6.45, 7) is 7.43. The molecule has 23 heavy (non-hydrogen) atoms. The van der Waals surface area contributed by atoms with E-state index in [2.05, 4.69) is 53.0 Å². The molecule has 0 radical (unpaired) electrons. The van der Waals surface area contributed by atoms with E-state index in [1.807, 2.05) is 0 Å². The topological polar surface area (TPSA) is 50.6 Å². The van der Waals surface area contributed by atoms with E-state index in [1.165, 1.54) is 5.56 Å². The van der Waals surface area contributed by atoms with Crippen molar-refractivity contribution in [2.75, 3.05) is 26.3 Å². The van der Waals surface area contributed by atoms with Gasteiger partial charge in [-0.25, -0.2) is 0 Å². The molecule has 0 amide bonds. The Hall–Kier alpha value is -2.27. The van der Waals surface area contributed by atoms with Crippen LogP contribution in [0.3, 0.4) is 0 Å². The lowest BCUT2D eigenvalue weighted by Crippen LogP contribution is -2.39. The number of hydrogen-bond donors (Lipinski definition) is 0. The van der Waals surface area contributed by atoms with Gasteiger partial charge in [-0.15, -0.1) is 0 Å². The molecule has 3 rings (SSSR count). The summed E-state index contributed by atoms with van der Waals surface area (Å²) in [7, 11) is 0. The van der Waals surface area contributed by atoms with Crippen LogP contribution in [0, 0.1) is 6.92 Å². The van der Waals surface area contributed by atoms with Gasteiger partial charge in [-0.05, 0) is 19.4 Å². The van der Waals surface area contributed by atoms with Gasteiger partial charge in [-0.3, -0.25) is 15.0 Å². The van der Waals surface area contributed by atoms with Crippen molar-refractivity contribution in [3.63, 3.8) is 0 Å². The lowest BCUT2D eigenvalue weighted by atomic mass is 10.0. The second-order valence-corrected chi connectivity index (χ2v) is 5.72. The molecular formula is C18H22N4O. The molecule has 5 nitrogen and oxygen atoms in total. The molecule has 0 spiro atoms. The zero-order valence-electron chi connectivity index (χ0n) is 13.6. The largest absolute Gasteiger partial charge is 0.378 e. The highest BCUT2D eigenvalue weighted by Crippen LogP contribution is 2.25. The van der Waals surface area contributed by atoms with Crippen molar-refractivity contribution in [3.8, 4) is 0 Å². The molecule has 1 aliphatic rings. The van der Waals surface area contributed by atoms with Gasteiger partial charge >= 0.3 is 0 Å². The summed E-state index contributed by atoms with van der Waals surface area (Å²) >= 11 is 0. The Labute approximate surface area is 137 Å². The average molecular weight is 310 g/mol. The Morgan fingerprint density at radius 3 is 2.57 bits per heavy atom. The predicted molar refractivity (Wildman–Crippen MR) is 90.6 cm³/mol. The standard InChI is InChI=1S/C18H22N4O/c1-14-3-5-16(6-4-14)18(17-13-19-7-8-20-17)21-15(2)22-9-11-23-12-10-22/h3-8,13,18H,9-12H2,1-2H3/b21-15+. The van der Waals surface area contributed by atoms with Gasteiger partial charge in [0.2, 0.25) is 0 Å². The zero-order chi connectivity index (χ0) is 16.1. The van der Waals surface area contributed by atoms with Crippen LogP contribution in [0.2, 0.25) is 0 Å². The van der Waals surface area contributed by atoms with Crippen LogP contribution < -0.4 is 0 Å². The molecule has 1 atom stereocenters. The Morgan fingerprint density at radius 1 is 1.17 bits per heavy atom. The molecule has 1 unspecified atom stereocenters. The van der Waals surface area contributed by atoms with Gasteiger partial charge in [0.1, 0.15) is 6.04 Å². The maximum Gasteiger partial charge on any atom is 0.120 e. The Kier molecular flexibility index (Phi) is 4.98. The minimum atomic E-state index is -0.132. The molecule has 1 aromatic carbocycles. The molecule has 2 heterocycles. The molecule has 1 aliphatic heterocycles. The monoisotopic (exact) mass is 310 g/mol. The van der Waals surface area contributed by atoms with Gasteiger partial charge < -0.3 is 9.64 Å². The summed E-state index contributed by atoms with van der Waals surface area (Å²) in [6, 6.07) is 8.32. The third kappa shape index (κ3) is 3.93. The van der Waals surface area contributed by atoms with Crippen molar-refractivity contribution in [1.29, 1.82) is 0 Å². The first-order chi connectivity index (χ1) is 11.2. The van der Waals surface area contributed by atoms with E-state index >= 15 is 0 Å². The van der Waals surface area contributed by atoms with Gasteiger partial charge in [-0.1, -0.05) is 29.8 Å². The second-order valence-electron chi connectivity index (χ2n) is 5.72. The highest BCUT2D eigenvalue weighted by Gasteiger charge is 2.18. The van der Waals surface area contributed by atoms with Gasteiger partial charge in [0.15, 0.2) is 0 Å². The van der Waals surface area contributed by atoms with Crippen LogP contribution in [0.25, 0.3) is 0 Å². The maximum atomic E-state index is 5.42. The molecule has 0 N–H and O–H groups in total. The Bertz CT molecular complexity index is 648. The Morgan fingerprint density at radius 2 is 1.91 bits per heavy atom. The first-order valence-electron chi connectivity index (χ1n) is 7.93. The van der Waals surface area contributed by atoms with Crippen LogP contribution in [0.4, 0.5) is 0 Å². The molecule has 5 heteroatoms. The Balaban J connectivity index is 1.93. The number of nitrogens with zero attached hydrogens (tertiary/aromatic N) is 4. The van der Waals surface area contributed by atoms with Crippen molar-refractivity contribution in [2.45, 2.75) is 19.9 Å². The smallest absolute Gasteiger partial charge is 0.120 e. The van der Waals surface area contributed by atoms with Gasteiger partial charge in [0.05, 0.1) is 30.9 Å². The van der Waals surface area contributed by atoms with Gasteiger partial charge in [0.25, 0.3) is 0 Å². The van der Waals surface area contributed by atoms with Crippen molar-refractivity contribution in [1.82, 2.24) is 14.9 Å². The fraction of sp³-hybridized carbons (Fsp3) is 0.389. The van der Waals surface area contributed by atoms with E-state index in [1.54, 1.807) is 18.6 Å². The molecular weight excluding hydrogens is 288 g/mol. The van der Waals surface area contributed by atoms with Crippen LogP contribution in [0.15, 0.2) is 47.8 Å². The first-order valence-corrected chi connectivity index (χ1v) is 7.93. The minimum Gasteiger partial charge on any atom is -0.378 e. The third-order valence-electron chi connectivity index (χ3n) is 4.04. The van der Waals surface area contributed by atoms with Crippen LogP contribution in [-0.4, -0.2) is 47.0 Å². The molecule has 1 saturated heterocycles. The fourth-order valence-electron chi connectivity index (χ4n) is 2.67. The maximum absolute atomic E-state index is 5.42. The molecule has 0 aliphatic carbocycles. The number of aliphatic imine (C=N–C) groups is 1. The van der Waals surface area contributed by atoms with E-state index in [0.717, 1.165) is 43.4 Å². The molecule has 0 bridgehead atoms. The summed E-state index contributed by atoms with van der Waals surface area (Å²) in [5.74, 6) is 1.02. The normalized spacial score (nSPS) is 17.1. The second kappa shape index (κ2) is 7.33. The van der Waals surface area contributed by atoms with Crippen molar-refractivity contribution < 1.29 is 4.74 Å². The quantitative estimate of drug-likeness (QED) is 0.646. The zero-order valence-corrected chi connectivity index (χ0v) is 13.6. The predicted octanol–water partition coefficient (Wildman–Crippen LogP) is 2.63. The average Bonchev–Trinajstić information content (AvgIpc) is 2.62. The van der Waals surface area contributed by atoms with Crippen molar-refractivity contribution in [2.24, 2.45) is 4.99 Å². The highest BCUT2D eigenvalue weighted by molar-refractivity contribution is 5.80. The lowest BCUT2D eigenvalue weighted by molar-refractivity contribution is 0.0676. The molecule has 120 valence electrons. The number of benzene rings is 1. The van der Waals surface area contributed by atoms with Crippen LogP contribution in [-0.2, 0) is 4.74 Å². The minimum absolute atomic E-state index is 0.132. The van der Waals surface area contributed by atoms with Crippen LogP contribution >= 0.6 is 0 Å². The molecule has 0 saturated carbocycles. The van der Waals surface area contributed by atoms with Crippen molar-refractivity contribution >= 4 is 5.84 Å². The van der Waals surface area contributed by atoms with E-state index in [9.17, 15) is 0 Å². The lowest BCUT2D eigenvalue weighted by Gasteiger charge is -2.29. The van der Waals surface area contributed by atoms with Crippen LogP contribution in [0.5, 0.6) is 0 Å². The number of rotatable bonds is 3. The number of morpholine rings is 1. The van der Waals surface area contributed by atoms with E-state index in [-0.39, 0.29) is 6.04 Å². The molecule has 2 aromatic rings. The summed E-state index contributed by atoms with van der Waals surface area (Å²) in [6.07, 6.45) is 5.20. The van der Waals surface area contributed by atoms with Gasteiger partial charge in [-0.2, -0.15) is 0 Å². The fourth-order valence-corrected chi connectivity index (χ4v) is 2.67. The van der Waals surface area contributed by atoms with Crippen molar-refractivity contribution in [3.05, 3.63) is 59.7 Å². The third-order valence-corrected chi connectivity index (χ3v) is 4.04. The summed E-state index contributed by atoms with van der Waals surface area (Å²) < 4.78 is 5.42. The number of aryl methyl sites for hydroxylation is 1. The van der Waals surface area contributed by atoms with E-state index < -0.39 is 0 Å². The van der Waals surface area contributed by atoms with E-state index in [4.69, 9.17) is 9.73 Å². The molecule has 1 aromatic heterocycles. The SMILES string of the molecule is C/C(=N\C(c1ccc(C)cc1)c1cnccn1)N1CCOCC1. The van der Waals surface area contributed by atoms with E-state index in [0.29, 0.717) is 0 Å². The van der Waals surface area contributed by atoms with Crippen LogP contribution in [0.1, 0.15) is 29.8 Å². The van der Waals surface area contributed by atoms with Gasteiger partial charge in [0, 0.05) is 25.5 Å². The number of amidine groups is 1. The number of ether oxygens (including phenoxy) is 1. The first kappa shape index (κ1) is 15.6. The molecule has 1 fully saturated rings.